The first-order valence-corrected chi connectivity index (χ1v) is 7.69. The summed E-state index contributed by atoms with van der Waals surface area (Å²) >= 11 is 0. The van der Waals surface area contributed by atoms with Crippen molar-refractivity contribution in [3.05, 3.63) is 0 Å². The summed E-state index contributed by atoms with van der Waals surface area (Å²) in [6.07, 6.45) is 8.76. The molecule has 2 aliphatic rings. The van der Waals surface area contributed by atoms with Gasteiger partial charge in [-0.3, -0.25) is 0 Å². The van der Waals surface area contributed by atoms with Gasteiger partial charge in [-0.1, -0.05) is 27.2 Å². The van der Waals surface area contributed by atoms with Gasteiger partial charge in [0.05, 0.1) is 0 Å². The molecule has 0 saturated heterocycles. The van der Waals surface area contributed by atoms with Crippen LogP contribution in [0.25, 0.3) is 0 Å². The lowest BCUT2D eigenvalue weighted by Crippen LogP contribution is -2.37. The summed E-state index contributed by atoms with van der Waals surface area (Å²) in [6, 6.07) is 0.755. The van der Waals surface area contributed by atoms with Crippen LogP contribution in [0, 0.1) is 23.2 Å². The third kappa shape index (κ3) is 3.71. The number of hydrogen-bond acceptors (Lipinski definition) is 1. The molecular weight excluding hydrogens is 206 g/mol. The molecule has 0 heterocycles. The molecule has 0 aliphatic heterocycles. The van der Waals surface area contributed by atoms with E-state index in [0.29, 0.717) is 5.41 Å². The lowest BCUT2D eigenvalue weighted by atomic mass is 9.84. The average Bonchev–Trinajstić information content (AvgIpc) is 2.84. The van der Waals surface area contributed by atoms with Crippen molar-refractivity contribution in [2.75, 3.05) is 6.54 Å². The van der Waals surface area contributed by atoms with Gasteiger partial charge in [0.25, 0.3) is 0 Å². The predicted octanol–water partition coefficient (Wildman–Crippen LogP) is 4.23. The third-order valence-corrected chi connectivity index (χ3v) is 5.00. The Bertz CT molecular complexity index is 240. The third-order valence-electron chi connectivity index (χ3n) is 5.00. The summed E-state index contributed by atoms with van der Waals surface area (Å²) in [4.78, 5) is 0. The smallest absolute Gasteiger partial charge is 0.00697 e. The molecular formula is C16H31N. The molecule has 0 aromatic heterocycles. The summed E-state index contributed by atoms with van der Waals surface area (Å²) in [6.45, 7) is 10.7. The number of fused-ring (bicyclic) bond motifs is 2. The van der Waals surface area contributed by atoms with Crippen molar-refractivity contribution in [1.82, 2.24) is 5.32 Å². The Labute approximate surface area is 108 Å². The van der Waals surface area contributed by atoms with E-state index in [1.165, 1.54) is 38.6 Å². The molecule has 2 bridgehead atoms. The summed E-state index contributed by atoms with van der Waals surface area (Å²) in [5.41, 5.74) is 0.497. The number of hydrogen-bond donors (Lipinski definition) is 1. The van der Waals surface area contributed by atoms with Crippen LogP contribution >= 0.6 is 0 Å². The zero-order valence-corrected chi connectivity index (χ0v) is 12.3. The molecule has 0 spiro atoms. The van der Waals surface area contributed by atoms with Gasteiger partial charge in [-0.05, 0) is 68.7 Å². The number of rotatable bonds is 5. The fraction of sp³-hybridized carbons (Fsp3) is 1.00. The van der Waals surface area contributed by atoms with Crippen molar-refractivity contribution in [3.63, 3.8) is 0 Å². The predicted molar refractivity (Wildman–Crippen MR) is 75.1 cm³/mol. The Balaban J connectivity index is 1.63. The van der Waals surface area contributed by atoms with Crippen LogP contribution in [0.15, 0.2) is 0 Å². The van der Waals surface area contributed by atoms with Crippen LogP contribution < -0.4 is 5.32 Å². The minimum Gasteiger partial charge on any atom is -0.314 e. The van der Waals surface area contributed by atoms with E-state index in [2.05, 4.69) is 33.0 Å². The van der Waals surface area contributed by atoms with E-state index in [0.717, 1.165) is 23.8 Å². The summed E-state index contributed by atoms with van der Waals surface area (Å²) in [7, 11) is 0. The summed E-state index contributed by atoms with van der Waals surface area (Å²) in [5, 5.41) is 3.78. The first kappa shape index (κ1) is 13.4. The van der Waals surface area contributed by atoms with Crippen molar-refractivity contribution in [2.45, 2.75) is 72.3 Å². The second kappa shape index (κ2) is 5.30. The van der Waals surface area contributed by atoms with Gasteiger partial charge in [-0.25, -0.2) is 0 Å². The first-order valence-electron chi connectivity index (χ1n) is 7.69. The van der Waals surface area contributed by atoms with Gasteiger partial charge >= 0.3 is 0 Å². The van der Waals surface area contributed by atoms with E-state index in [4.69, 9.17) is 0 Å². The monoisotopic (exact) mass is 237 g/mol. The lowest BCUT2D eigenvalue weighted by Gasteiger charge is -2.29. The van der Waals surface area contributed by atoms with Crippen molar-refractivity contribution in [3.8, 4) is 0 Å². The van der Waals surface area contributed by atoms with E-state index < -0.39 is 0 Å². The van der Waals surface area contributed by atoms with Gasteiger partial charge < -0.3 is 5.32 Å². The quantitative estimate of drug-likeness (QED) is 0.706. The summed E-state index contributed by atoms with van der Waals surface area (Å²) in [5.74, 6) is 3.14. The zero-order valence-electron chi connectivity index (χ0n) is 12.3. The molecule has 0 aromatic carbocycles. The van der Waals surface area contributed by atoms with Gasteiger partial charge in [-0.2, -0.15) is 0 Å². The zero-order chi connectivity index (χ0) is 12.5. The molecule has 2 aliphatic carbocycles. The van der Waals surface area contributed by atoms with E-state index in [9.17, 15) is 0 Å². The second-order valence-corrected chi connectivity index (χ2v) is 7.75. The molecule has 4 unspecified atom stereocenters. The Hall–Kier alpha value is -0.0400. The average molecular weight is 237 g/mol. The van der Waals surface area contributed by atoms with Crippen LogP contribution in [0.2, 0.25) is 0 Å². The fourth-order valence-corrected chi connectivity index (χ4v) is 4.01. The molecule has 0 amide bonds. The topological polar surface area (TPSA) is 12.0 Å². The molecule has 2 fully saturated rings. The van der Waals surface area contributed by atoms with E-state index >= 15 is 0 Å². The molecule has 2 rings (SSSR count). The van der Waals surface area contributed by atoms with Gasteiger partial charge in [0.15, 0.2) is 0 Å². The fourth-order valence-electron chi connectivity index (χ4n) is 4.01. The standard InChI is InChI=1S/C16H31N/c1-12(17-9-5-8-16(2,3)4)15-11-13-6-7-14(15)10-13/h12-15,17H,5-11H2,1-4H3. The maximum atomic E-state index is 3.78. The number of nitrogens with one attached hydrogen (secondary N) is 1. The highest BCUT2D eigenvalue weighted by molar-refractivity contribution is 4.93. The molecule has 100 valence electrons. The van der Waals surface area contributed by atoms with E-state index in [1.807, 2.05) is 0 Å². The minimum absolute atomic E-state index is 0.497. The van der Waals surface area contributed by atoms with Crippen molar-refractivity contribution >= 4 is 0 Å². The van der Waals surface area contributed by atoms with Crippen LogP contribution in [0.3, 0.4) is 0 Å². The maximum Gasteiger partial charge on any atom is 0.00697 e. The van der Waals surface area contributed by atoms with Gasteiger partial charge in [0, 0.05) is 6.04 Å². The van der Waals surface area contributed by atoms with Gasteiger partial charge in [0.2, 0.25) is 0 Å². The Morgan fingerprint density at radius 2 is 1.94 bits per heavy atom. The van der Waals surface area contributed by atoms with E-state index in [1.54, 1.807) is 6.42 Å². The van der Waals surface area contributed by atoms with Gasteiger partial charge in [0.1, 0.15) is 0 Å². The molecule has 2 saturated carbocycles. The molecule has 1 nitrogen and oxygen atoms in total. The Kier molecular flexibility index (Phi) is 4.18. The second-order valence-electron chi connectivity index (χ2n) is 7.75. The Morgan fingerprint density at radius 1 is 1.18 bits per heavy atom. The maximum absolute atomic E-state index is 3.78. The molecule has 4 atom stereocenters. The molecule has 0 aromatic rings. The van der Waals surface area contributed by atoms with Crippen molar-refractivity contribution in [1.29, 1.82) is 0 Å². The Morgan fingerprint density at radius 3 is 2.47 bits per heavy atom. The lowest BCUT2D eigenvalue weighted by molar-refractivity contribution is 0.256. The van der Waals surface area contributed by atoms with Gasteiger partial charge in [-0.15, -0.1) is 0 Å². The highest BCUT2D eigenvalue weighted by Crippen LogP contribution is 2.49. The molecule has 0 radical (unpaired) electrons. The van der Waals surface area contributed by atoms with E-state index in [-0.39, 0.29) is 0 Å². The normalized spacial score (nSPS) is 34.2. The molecule has 17 heavy (non-hydrogen) atoms. The van der Waals surface area contributed by atoms with Crippen LogP contribution in [-0.4, -0.2) is 12.6 Å². The largest absolute Gasteiger partial charge is 0.314 e. The van der Waals surface area contributed by atoms with Crippen molar-refractivity contribution in [2.24, 2.45) is 23.2 Å². The first-order chi connectivity index (χ1) is 7.96. The highest BCUT2D eigenvalue weighted by Gasteiger charge is 2.41. The van der Waals surface area contributed by atoms with Crippen LogP contribution in [0.1, 0.15) is 66.2 Å². The van der Waals surface area contributed by atoms with Crippen LogP contribution in [-0.2, 0) is 0 Å². The van der Waals surface area contributed by atoms with Crippen LogP contribution in [0.4, 0.5) is 0 Å². The summed E-state index contributed by atoms with van der Waals surface area (Å²) < 4.78 is 0. The molecule has 1 heteroatoms. The SMILES string of the molecule is CC(NCCCC(C)(C)C)C1CC2CCC1C2. The highest BCUT2D eigenvalue weighted by atomic mass is 14.9. The molecule has 1 N–H and O–H groups in total. The minimum atomic E-state index is 0.497. The van der Waals surface area contributed by atoms with Crippen LogP contribution in [0.5, 0.6) is 0 Å². The van der Waals surface area contributed by atoms with Crippen molar-refractivity contribution < 1.29 is 0 Å².